The van der Waals surface area contributed by atoms with E-state index >= 15 is 0 Å². The van der Waals surface area contributed by atoms with E-state index in [4.69, 9.17) is 5.73 Å². The standard InChI is InChI=1S/C9H12N2S2/c1-2-6-3-4-8(13-6)7-5-12-9(10)11-7/h4-6H,2-3H2,1H3,(H2,10,11). The Labute approximate surface area is 86.2 Å². The Bertz CT molecular complexity index is 330. The molecule has 2 N–H and O–H groups in total. The summed E-state index contributed by atoms with van der Waals surface area (Å²) in [5.41, 5.74) is 6.64. The van der Waals surface area contributed by atoms with E-state index in [1.165, 1.54) is 29.1 Å². The molecule has 1 atom stereocenters. The van der Waals surface area contributed by atoms with Crippen LogP contribution in [0.25, 0.3) is 4.91 Å². The second-order valence-corrected chi connectivity index (χ2v) is 5.26. The van der Waals surface area contributed by atoms with Gasteiger partial charge in [-0.25, -0.2) is 4.98 Å². The molecular formula is C9H12N2S2. The molecule has 1 aromatic rings. The smallest absolute Gasteiger partial charge is 0.180 e. The molecule has 4 heteroatoms. The SMILES string of the molecule is CCC1CC=C(c2csc(N)n2)S1. The topological polar surface area (TPSA) is 38.9 Å². The molecule has 2 rings (SSSR count). The number of nitrogens with two attached hydrogens (primary N) is 1. The number of hydrogen-bond acceptors (Lipinski definition) is 4. The minimum Gasteiger partial charge on any atom is -0.375 e. The van der Waals surface area contributed by atoms with Gasteiger partial charge in [-0.05, 0) is 12.8 Å². The summed E-state index contributed by atoms with van der Waals surface area (Å²) in [6.07, 6.45) is 4.67. The number of nitrogen functional groups attached to an aromatic ring is 1. The summed E-state index contributed by atoms with van der Waals surface area (Å²) in [5, 5.41) is 3.45. The van der Waals surface area contributed by atoms with Crippen LogP contribution in [0.1, 0.15) is 25.5 Å². The average molecular weight is 212 g/mol. The van der Waals surface area contributed by atoms with Crippen LogP contribution in [0.3, 0.4) is 0 Å². The summed E-state index contributed by atoms with van der Waals surface area (Å²) in [6.45, 7) is 2.23. The van der Waals surface area contributed by atoms with Crippen LogP contribution in [0.5, 0.6) is 0 Å². The fourth-order valence-electron chi connectivity index (χ4n) is 1.33. The third-order valence-corrected chi connectivity index (χ3v) is 4.25. The van der Waals surface area contributed by atoms with Gasteiger partial charge in [0.05, 0.1) is 5.69 Å². The lowest BCUT2D eigenvalue weighted by Crippen LogP contribution is -1.92. The van der Waals surface area contributed by atoms with Gasteiger partial charge in [0.2, 0.25) is 0 Å². The lowest BCUT2D eigenvalue weighted by Gasteiger charge is -2.03. The summed E-state index contributed by atoms with van der Waals surface area (Å²) in [6, 6.07) is 0. The first kappa shape index (κ1) is 9.09. The van der Waals surface area contributed by atoms with Crippen LogP contribution >= 0.6 is 23.1 Å². The summed E-state index contributed by atoms with van der Waals surface area (Å²) in [5.74, 6) is 0. The molecule has 1 aromatic heterocycles. The van der Waals surface area contributed by atoms with Gasteiger partial charge in [-0.1, -0.05) is 13.0 Å². The zero-order valence-corrected chi connectivity index (χ0v) is 9.12. The molecule has 0 aromatic carbocycles. The van der Waals surface area contributed by atoms with Gasteiger partial charge in [0, 0.05) is 15.5 Å². The van der Waals surface area contributed by atoms with E-state index < -0.39 is 0 Å². The van der Waals surface area contributed by atoms with Crippen molar-refractivity contribution in [3.05, 3.63) is 17.2 Å². The van der Waals surface area contributed by atoms with Crippen molar-refractivity contribution >= 4 is 33.1 Å². The van der Waals surface area contributed by atoms with E-state index in [2.05, 4.69) is 18.0 Å². The molecule has 70 valence electrons. The molecule has 0 aliphatic carbocycles. The maximum Gasteiger partial charge on any atom is 0.180 e. The van der Waals surface area contributed by atoms with E-state index in [0.29, 0.717) is 5.13 Å². The second-order valence-electron chi connectivity index (χ2n) is 3.02. The van der Waals surface area contributed by atoms with Crippen LogP contribution in [-0.4, -0.2) is 10.2 Å². The zero-order valence-electron chi connectivity index (χ0n) is 7.49. The fraction of sp³-hybridized carbons (Fsp3) is 0.444. The van der Waals surface area contributed by atoms with Crippen molar-refractivity contribution in [2.24, 2.45) is 0 Å². The van der Waals surface area contributed by atoms with Gasteiger partial charge in [0.1, 0.15) is 0 Å². The molecule has 1 unspecified atom stereocenters. The van der Waals surface area contributed by atoms with Crippen LogP contribution in [0.2, 0.25) is 0 Å². The molecule has 0 radical (unpaired) electrons. The molecule has 1 aliphatic rings. The summed E-state index contributed by atoms with van der Waals surface area (Å²) < 4.78 is 0. The predicted octanol–water partition coefficient (Wildman–Crippen LogP) is 2.98. The van der Waals surface area contributed by atoms with Crippen molar-refractivity contribution in [1.29, 1.82) is 0 Å². The van der Waals surface area contributed by atoms with Gasteiger partial charge in [-0.2, -0.15) is 0 Å². The molecule has 0 saturated carbocycles. The van der Waals surface area contributed by atoms with Crippen LogP contribution < -0.4 is 5.73 Å². The first-order valence-corrected chi connectivity index (χ1v) is 6.13. The quantitative estimate of drug-likeness (QED) is 0.819. The molecule has 0 spiro atoms. The third-order valence-electron chi connectivity index (χ3n) is 2.09. The lowest BCUT2D eigenvalue weighted by atomic mass is 10.2. The Morgan fingerprint density at radius 1 is 1.69 bits per heavy atom. The highest BCUT2D eigenvalue weighted by Gasteiger charge is 2.18. The Balaban J connectivity index is 2.12. The van der Waals surface area contributed by atoms with Gasteiger partial charge in [0.25, 0.3) is 0 Å². The lowest BCUT2D eigenvalue weighted by molar-refractivity contribution is 0.849. The molecular weight excluding hydrogens is 200 g/mol. The Kier molecular flexibility index (Phi) is 2.60. The van der Waals surface area contributed by atoms with Crippen LogP contribution in [0.15, 0.2) is 11.5 Å². The van der Waals surface area contributed by atoms with Gasteiger partial charge >= 0.3 is 0 Å². The highest BCUT2D eigenvalue weighted by molar-refractivity contribution is 8.09. The highest BCUT2D eigenvalue weighted by atomic mass is 32.2. The van der Waals surface area contributed by atoms with Crippen molar-refractivity contribution in [2.75, 3.05) is 5.73 Å². The second kappa shape index (κ2) is 3.72. The highest BCUT2D eigenvalue weighted by Crippen LogP contribution is 2.40. The molecule has 0 fully saturated rings. The van der Waals surface area contributed by atoms with Crippen LogP contribution in [0.4, 0.5) is 5.13 Å². The summed E-state index contributed by atoms with van der Waals surface area (Å²) in [4.78, 5) is 5.57. The van der Waals surface area contributed by atoms with Gasteiger partial charge in [-0.15, -0.1) is 23.1 Å². The molecule has 0 bridgehead atoms. The number of thiazole rings is 1. The predicted molar refractivity (Wildman–Crippen MR) is 60.8 cm³/mol. The van der Waals surface area contributed by atoms with E-state index in [1.807, 2.05) is 17.1 Å². The van der Waals surface area contributed by atoms with Crippen molar-refractivity contribution in [3.63, 3.8) is 0 Å². The van der Waals surface area contributed by atoms with E-state index in [9.17, 15) is 0 Å². The van der Waals surface area contributed by atoms with E-state index in [-0.39, 0.29) is 0 Å². The monoisotopic (exact) mass is 212 g/mol. The third kappa shape index (κ3) is 1.89. The normalized spacial score (nSPS) is 21.9. The molecule has 0 amide bonds. The number of thioether (sulfide) groups is 1. The molecule has 0 saturated heterocycles. The first-order chi connectivity index (χ1) is 6.29. The van der Waals surface area contributed by atoms with Crippen molar-refractivity contribution in [2.45, 2.75) is 25.0 Å². The largest absolute Gasteiger partial charge is 0.375 e. The van der Waals surface area contributed by atoms with Crippen molar-refractivity contribution in [1.82, 2.24) is 4.98 Å². The molecule has 2 nitrogen and oxygen atoms in total. The van der Waals surface area contributed by atoms with Gasteiger partial charge < -0.3 is 5.73 Å². The number of allylic oxidation sites excluding steroid dienone is 1. The minimum absolute atomic E-state index is 0.663. The maximum atomic E-state index is 5.58. The number of nitrogens with zero attached hydrogens (tertiary/aromatic N) is 1. The minimum atomic E-state index is 0.663. The molecule has 2 heterocycles. The average Bonchev–Trinajstić information content (AvgIpc) is 2.71. The maximum absolute atomic E-state index is 5.58. The van der Waals surface area contributed by atoms with E-state index in [1.54, 1.807) is 0 Å². The summed E-state index contributed by atoms with van der Waals surface area (Å²) >= 11 is 3.44. The van der Waals surface area contributed by atoms with Crippen molar-refractivity contribution in [3.8, 4) is 0 Å². The first-order valence-electron chi connectivity index (χ1n) is 4.37. The number of hydrogen-bond donors (Lipinski definition) is 1. The van der Waals surface area contributed by atoms with Crippen LogP contribution in [0, 0.1) is 0 Å². The Morgan fingerprint density at radius 3 is 3.08 bits per heavy atom. The van der Waals surface area contributed by atoms with Crippen LogP contribution in [-0.2, 0) is 0 Å². The number of rotatable bonds is 2. The molecule has 13 heavy (non-hydrogen) atoms. The fourth-order valence-corrected chi connectivity index (χ4v) is 3.10. The van der Waals surface area contributed by atoms with Gasteiger partial charge in [-0.3, -0.25) is 0 Å². The number of anilines is 1. The molecule has 1 aliphatic heterocycles. The van der Waals surface area contributed by atoms with Crippen molar-refractivity contribution < 1.29 is 0 Å². The number of aromatic nitrogens is 1. The van der Waals surface area contributed by atoms with Gasteiger partial charge in [0.15, 0.2) is 5.13 Å². The Morgan fingerprint density at radius 2 is 2.54 bits per heavy atom. The zero-order chi connectivity index (χ0) is 9.26. The summed E-state index contributed by atoms with van der Waals surface area (Å²) in [7, 11) is 0. The van der Waals surface area contributed by atoms with E-state index in [0.717, 1.165) is 10.9 Å². The Hall–Kier alpha value is -0.480.